The molecule has 142 valence electrons. The Hall–Kier alpha value is -3.22. The van der Waals surface area contributed by atoms with Gasteiger partial charge in [-0.25, -0.2) is 4.79 Å². The molecule has 0 aliphatic carbocycles. The van der Waals surface area contributed by atoms with Gasteiger partial charge in [0.15, 0.2) is 6.61 Å². The van der Waals surface area contributed by atoms with E-state index < -0.39 is 12.2 Å². The Morgan fingerprint density at radius 1 is 1.22 bits per heavy atom. The Balaban J connectivity index is 1.46. The lowest BCUT2D eigenvalue weighted by Crippen LogP contribution is -2.37. The van der Waals surface area contributed by atoms with E-state index in [2.05, 4.69) is 5.32 Å². The highest BCUT2D eigenvalue weighted by atomic mass is 16.6. The van der Waals surface area contributed by atoms with Crippen LogP contribution < -0.4 is 19.7 Å². The van der Waals surface area contributed by atoms with Crippen LogP contribution in [0.15, 0.2) is 48.5 Å². The van der Waals surface area contributed by atoms with E-state index in [4.69, 9.17) is 14.2 Å². The number of amides is 2. The van der Waals surface area contributed by atoms with Gasteiger partial charge in [-0.1, -0.05) is 23.8 Å². The third kappa shape index (κ3) is 4.91. The van der Waals surface area contributed by atoms with E-state index >= 15 is 0 Å². The molecule has 2 aromatic carbocycles. The Kier molecular flexibility index (Phi) is 5.80. The maximum Gasteiger partial charge on any atom is 0.414 e. The lowest BCUT2D eigenvalue weighted by molar-refractivity contribution is -0.123. The number of nitrogens with zero attached hydrogens (tertiary/aromatic N) is 1. The number of benzene rings is 2. The van der Waals surface area contributed by atoms with E-state index in [0.717, 1.165) is 5.56 Å². The van der Waals surface area contributed by atoms with Gasteiger partial charge in [-0.3, -0.25) is 9.69 Å². The zero-order chi connectivity index (χ0) is 19.2. The van der Waals surface area contributed by atoms with Gasteiger partial charge in [0, 0.05) is 6.07 Å². The van der Waals surface area contributed by atoms with Gasteiger partial charge in [-0.2, -0.15) is 0 Å². The largest absolute Gasteiger partial charge is 0.497 e. The molecule has 1 aliphatic heterocycles. The Bertz CT molecular complexity index is 806. The van der Waals surface area contributed by atoms with Gasteiger partial charge in [-0.05, 0) is 31.2 Å². The number of methoxy groups -OCH3 is 1. The molecule has 1 atom stereocenters. The second-order valence-electron chi connectivity index (χ2n) is 6.22. The summed E-state index contributed by atoms with van der Waals surface area (Å²) in [5.74, 6) is 1.02. The highest BCUT2D eigenvalue weighted by Crippen LogP contribution is 2.25. The highest BCUT2D eigenvalue weighted by Gasteiger charge is 2.32. The van der Waals surface area contributed by atoms with Crippen molar-refractivity contribution in [2.45, 2.75) is 13.0 Å². The van der Waals surface area contributed by atoms with Gasteiger partial charge in [0.25, 0.3) is 5.91 Å². The first-order valence-corrected chi connectivity index (χ1v) is 8.63. The zero-order valence-corrected chi connectivity index (χ0v) is 15.3. The molecule has 1 aliphatic rings. The molecular formula is C20H22N2O5. The van der Waals surface area contributed by atoms with Gasteiger partial charge in [-0.15, -0.1) is 0 Å². The van der Waals surface area contributed by atoms with Crippen molar-refractivity contribution >= 4 is 17.7 Å². The average Bonchev–Trinajstić information content (AvgIpc) is 3.06. The standard InChI is InChI=1S/C20H22N2O5/c1-14-6-8-16(9-7-14)26-13-19(23)21-11-18-12-22(20(24)27-18)15-4-3-5-17(10-15)25-2/h3-10,18H,11-13H2,1-2H3,(H,21,23). The lowest BCUT2D eigenvalue weighted by Gasteiger charge is -2.14. The molecule has 1 N–H and O–H groups in total. The molecule has 1 saturated heterocycles. The van der Waals surface area contributed by atoms with Crippen LogP contribution in [0.5, 0.6) is 11.5 Å². The summed E-state index contributed by atoms with van der Waals surface area (Å²) in [6.07, 6.45) is -0.870. The normalized spacial score (nSPS) is 16.0. The van der Waals surface area contributed by atoms with Gasteiger partial charge in [0.2, 0.25) is 0 Å². The number of nitrogens with one attached hydrogen (secondary N) is 1. The van der Waals surface area contributed by atoms with Crippen molar-refractivity contribution in [1.82, 2.24) is 5.32 Å². The van der Waals surface area contributed by atoms with Crippen LogP contribution >= 0.6 is 0 Å². The van der Waals surface area contributed by atoms with Crippen LogP contribution in [-0.2, 0) is 9.53 Å². The zero-order valence-electron chi connectivity index (χ0n) is 15.3. The fourth-order valence-electron chi connectivity index (χ4n) is 2.68. The third-order valence-electron chi connectivity index (χ3n) is 4.16. The maximum absolute atomic E-state index is 12.1. The first-order valence-electron chi connectivity index (χ1n) is 8.63. The molecule has 0 spiro atoms. The smallest absolute Gasteiger partial charge is 0.414 e. The molecule has 0 radical (unpaired) electrons. The molecule has 7 nitrogen and oxygen atoms in total. The van der Waals surface area contributed by atoms with Crippen molar-refractivity contribution in [3.8, 4) is 11.5 Å². The van der Waals surface area contributed by atoms with E-state index in [9.17, 15) is 9.59 Å². The van der Waals surface area contributed by atoms with E-state index in [1.165, 1.54) is 4.90 Å². The predicted molar refractivity (Wildman–Crippen MR) is 100 cm³/mol. The minimum Gasteiger partial charge on any atom is -0.497 e. The second kappa shape index (κ2) is 8.44. The molecule has 1 unspecified atom stereocenters. The van der Waals surface area contributed by atoms with Crippen LogP contribution in [0.4, 0.5) is 10.5 Å². The number of hydrogen-bond donors (Lipinski definition) is 1. The minimum absolute atomic E-state index is 0.0939. The quantitative estimate of drug-likeness (QED) is 0.810. The van der Waals surface area contributed by atoms with Crippen LogP contribution in [0.1, 0.15) is 5.56 Å². The van der Waals surface area contributed by atoms with E-state index in [1.54, 1.807) is 31.4 Å². The molecule has 1 fully saturated rings. The number of ether oxygens (including phenoxy) is 3. The minimum atomic E-state index is -0.446. The van der Waals surface area contributed by atoms with Crippen molar-refractivity contribution in [1.29, 1.82) is 0 Å². The molecule has 27 heavy (non-hydrogen) atoms. The fraction of sp³-hybridized carbons (Fsp3) is 0.300. The number of carbonyl (C=O) groups is 2. The Labute approximate surface area is 157 Å². The van der Waals surface area contributed by atoms with Crippen molar-refractivity contribution in [2.24, 2.45) is 0 Å². The second-order valence-corrected chi connectivity index (χ2v) is 6.22. The molecule has 0 bridgehead atoms. The van der Waals surface area contributed by atoms with Crippen LogP contribution in [0.2, 0.25) is 0 Å². The van der Waals surface area contributed by atoms with E-state index in [0.29, 0.717) is 23.7 Å². The van der Waals surface area contributed by atoms with E-state index in [-0.39, 0.29) is 19.1 Å². The fourth-order valence-corrected chi connectivity index (χ4v) is 2.68. The lowest BCUT2D eigenvalue weighted by atomic mass is 10.2. The maximum atomic E-state index is 12.1. The topological polar surface area (TPSA) is 77.1 Å². The van der Waals surface area contributed by atoms with Gasteiger partial charge in [0.05, 0.1) is 25.9 Å². The Morgan fingerprint density at radius 2 is 2.00 bits per heavy atom. The summed E-state index contributed by atoms with van der Waals surface area (Å²) in [5, 5.41) is 2.73. The number of aryl methyl sites for hydroxylation is 1. The monoisotopic (exact) mass is 370 g/mol. The summed E-state index contributed by atoms with van der Waals surface area (Å²) in [7, 11) is 1.57. The molecule has 2 aromatic rings. The van der Waals surface area contributed by atoms with Crippen molar-refractivity contribution in [2.75, 3.05) is 31.7 Å². The molecule has 7 heteroatoms. The number of rotatable bonds is 7. The summed E-state index contributed by atoms with van der Waals surface area (Å²) in [5.41, 5.74) is 1.81. The van der Waals surface area contributed by atoms with E-state index in [1.807, 2.05) is 31.2 Å². The first kappa shape index (κ1) is 18.6. The number of carbonyl (C=O) groups excluding carboxylic acids is 2. The van der Waals surface area contributed by atoms with Crippen LogP contribution in [0, 0.1) is 6.92 Å². The summed E-state index contributed by atoms with van der Waals surface area (Å²) >= 11 is 0. The first-order chi connectivity index (χ1) is 13.0. The summed E-state index contributed by atoms with van der Waals surface area (Å²) in [6.45, 7) is 2.46. The van der Waals surface area contributed by atoms with Crippen LogP contribution in [-0.4, -0.2) is 44.9 Å². The summed E-state index contributed by atoms with van der Waals surface area (Å²) in [6, 6.07) is 14.6. The summed E-state index contributed by atoms with van der Waals surface area (Å²) in [4.78, 5) is 25.6. The van der Waals surface area contributed by atoms with Gasteiger partial charge < -0.3 is 19.5 Å². The van der Waals surface area contributed by atoms with Crippen molar-refractivity contribution in [3.63, 3.8) is 0 Å². The van der Waals surface area contributed by atoms with Crippen molar-refractivity contribution < 1.29 is 23.8 Å². The van der Waals surface area contributed by atoms with Crippen LogP contribution in [0.25, 0.3) is 0 Å². The van der Waals surface area contributed by atoms with Gasteiger partial charge in [0.1, 0.15) is 17.6 Å². The molecule has 0 saturated carbocycles. The molecule has 3 rings (SSSR count). The molecule has 2 amide bonds. The van der Waals surface area contributed by atoms with Gasteiger partial charge >= 0.3 is 6.09 Å². The molecule has 1 heterocycles. The number of hydrogen-bond acceptors (Lipinski definition) is 5. The Morgan fingerprint density at radius 3 is 2.74 bits per heavy atom. The third-order valence-corrected chi connectivity index (χ3v) is 4.16. The SMILES string of the molecule is COc1cccc(N2CC(CNC(=O)COc3ccc(C)cc3)OC2=O)c1. The molecular weight excluding hydrogens is 348 g/mol. The van der Waals surface area contributed by atoms with Crippen molar-refractivity contribution in [3.05, 3.63) is 54.1 Å². The number of cyclic esters (lactones) is 1. The summed E-state index contributed by atoms with van der Waals surface area (Å²) < 4.78 is 15.9. The van der Waals surface area contributed by atoms with Crippen LogP contribution in [0.3, 0.4) is 0 Å². The highest BCUT2D eigenvalue weighted by molar-refractivity contribution is 5.90. The molecule has 0 aromatic heterocycles. The number of anilines is 1. The predicted octanol–water partition coefficient (Wildman–Crippen LogP) is 2.52. The average molecular weight is 370 g/mol.